The van der Waals surface area contributed by atoms with Gasteiger partial charge in [0.2, 0.25) is 0 Å². The van der Waals surface area contributed by atoms with Crippen LogP contribution < -0.4 is 15.0 Å². The molecule has 0 atom stereocenters. The number of halogens is 1. The van der Waals surface area contributed by atoms with Crippen LogP contribution in [0.4, 0.5) is 11.5 Å². The van der Waals surface area contributed by atoms with E-state index in [1.807, 2.05) is 36.4 Å². The number of nitrogens with one attached hydrogen (secondary N) is 1. The van der Waals surface area contributed by atoms with Crippen molar-refractivity contribution in [3.05, 3.63) is 65.7 Å². The van der Waals surface area contributed by atoms with Crippen molar-refractivity contribution in [2.45, 2.75) is 19.3 Å². The van der Waals surface area contributed by atoms with Crippen LogP contribution in [-0.2, 0) is 4.79 Å². The number of hydrogen-bond donors (Lipinski definition) is 1. The Bertz CT molecular complexity index is 970. The largest absolute Gasteiger partial charge is 0.484 e. The topological polar surface area (TPSA) is 67.3 Å². The smallest absolute Gasteiger partial charge is 0.262 e. The van der Waals surface area contributed by atoms with Crippen molar-refractivity contribution in [3.63, 3.8) is 0 Å². The van der Waals surface area contributed by atoms with Gasteiger partial charge in [-0.25, -0.2) is 0 Å². The van der Waals surface area contributed by atoms with E-state index in [-0.39, 0.29) is 12.5 Å². The molecule has 0 aliphatic carbocycles. The second-order valence-electron chi connectivity index (χ2n) is 7.19. The molecule has 1 aliphatic heterocycles. The number of hydrogen-bond acceptors (Lipinski definition) is 5. The quantitative estimate of drug-likeness (QED) is 0.617. The van der Waals surface area contributed by atoms with Crippen LogP contribution in [0, 0.1) is 0 Å². The highest BCUT2D eigenvalue weighted by molar-refractivity contribution is 6.30. The second-order valence-corrected chi connectivity index (χ2v) is 7.63. The predicted molar refractivity (Wildman–Crippen MR) is 119 cm³/mol. The summed E-state index contributed by atoms with van der Waals surface area (Å²) in [5, 5.41) is 12.2. The van der Waals surface area contributed by atoms with Gasteiger partial charge in [-0.1, -0.05) is 23.7 Å². The van der Waals surface area contributed by atoms with Gasteiger partial charge in [0.15, 0.2) is 12.4 Å². The first-order chi connectivity index (χ1) is 14.7. The van der Waals surface area contributed by atoms with Gasteiger partial charge in [0, 0.05) is 29.4 Å². The van der Waals surface area contributed by atoms with Gasteiger partial charge < -0.3 is 15.0 Å². The van der Waals surface area contributed by atoms with E-state index in [4.69, 9.17) is 16.3 Å². The van der Waals surface area contributed by atoms with Crippen LogP contribution in [0.2, 0.25) is 5.02 Å². The van der Waals surface area contributed by atoms with Crippen LogP contribution >= 0.6 is 11.6 Å². The molecule has 0 saturated carbocycles. The van der Waals surface area contributed by atoms with E-state index in [1.54, 1.807) is 24.3 Å². The van der Waals surface area contributed by atoms with E-state index >= 15 is 0 Å². The number of ether oxygens (including phenoxy) is 1. The lowest BCUT2D eigenvalue weighted by Gasteiger charge is -2.27. The molecule has 6 nitrogen and oxygen atoms in total. The molecule has 1 saturated heterocycles. The van der Waals surface area contributed by atoms with Crippen LogP contribution in [0.15, 0.2) is 60.7 Å². The van der Waals surface area contributed by atoms with Crippen LogP contribution in [-0.4, -0.2) is 35.8 Å². The molecule has 1 N–H and O–H groups in total. The minimum Gasteiger partial charge on any atom is -0.484 e. The number of anilines is 2. The Morgan fingerprint density at radius 1 is 0.933 bits per heavy atom. The van der Waals surface area contributed by atoms with E-state index < -0.39 is 0 Å². The fourth-order valence-electron chi connectivity index (χ4n) is 3.37. The van der Waals surface area contributed by atoms with Gasteiger partial charge in [0.05, 0.1) is 5.69 Å². The number of aromatic nitrogens is 2. The summed E-state index contributed by atoms with van der Waals surface area (Å²) in [4.78, 5) is 14.4. The Morgan fingerprint density at radius 3 is 2.33 bits per heavy atom. The molecule has 0 radical (unpaired) electrons. The molecule has 154 valence electrons. The molecule has 3 aromatic rings. The second kappa shape index (κ2) is 9.59. The molecule has 0 spiro atoms. The zero-order valence-corrected chi connectivity index (χ0v) is 17.3. The molecule has 0 unspecified atom stereocenters. The summed E-state index contributed by atoms with van der Waals surface area (Å²) in [6, 6.07) is 18.4. The first-order valence-electron chi connectivity index (χ1n) is 10.0. The Hall–Kier alpha value is -3.12. The molecule has 1 aromatic heterocycles. The molecule has 2 aromatic carbocycles. The first kappa shape index (κ1) is 20.2. The summed E-state index contributed by atoms with van der Waals surface area (Å²) in [5.74, 6) is 1.29. The van der Waals surface area contributed by atoms with Gasteiger partial charge in [-0.15, -0.1) is 10.2 Å². The normalized spacial score (nSPS) is 13.7. The van der Waals surface area contributed by atoms with Gasteiger partial charge in [-0.3, -0.25) is 4.79 Å². The minimum atomic E-state index is -0.233. The van der Waals surface area contributed by atoms with Crippen LogP contribution in [0.1, 0.15) is 19.3 Å². The molecule has 1 amide bonds. The zero-order chi connectivity index (χ0) is 20.8. The highest BCUT2D eigenvalue weighted by atomic mass is 35.5. The Morgan fingerprint density at radius 2 is 1.67 bits per heavy atom. The van der Waals surface area contributed by atoms with Crippen LogP contribution in [0.25, 0.3) is 11.3 Å². The zero-order valence-electron chi connectivity index (χ0n) is 16.6. The first-order valence-corrected chi connectivity index (χ1v) is 10.4. The van der Waals surface area contributed by atoms with Crippen molar-refractivity contribution in [1.82, 2.24) is 10.2 Å². The molecule has 4 rings (SSSR count). The van der Waals surface area contributed by atoms with Gasteiger partial charge in [0.25, 0.3) is 5.91 Å². The third-order valence-electron chi connectivity index (χ3n) is 4.98. The fourth-order valence-corrected chi connectivity index (χ4v) is 3.50. The minimum absolute atomic E-state index is 0.0766. The average Bonchev–Trinajstić information content (AvgIpc) is 2.80. The van der Waals surface area contributed by atoms with Crippen molar-refractivity contribution in [3.8, 4) is 17.0 Å². The molecule has 7 heteroatoms. The maximum Gasteiger partial charge on any atom is 0.262 e. The number of nitrogens with zero attached hydrogens (tertiary/aromatic N) is 3. The van der Waals surface area contributed by atoms with Crippen molar-refractivity contribution in [1.29, 1.82) is 0 Å². The van der Waals surface area contributed by atoms with E-state index in [9.17, 15) is 4.79 Å². The lowest BCUT2D eigenvalue weighted by Crippen LogP contribution is -2.30. The molecular formula is C23H23ClN4O2. The molecule has 30 heavy (non-hydrogen) atoms. The number of carbonyl (C=O) groups excluding carboxylic acids is 1. The van der Waals surface area contributed by atoms with E-state index in [2.05, 4.69) is 20.4 Å². The Balaban J connectivity index is 1.32. The maximum absolute atomic E-state index is 12.1. The lowest BCUT2D eigenvalue weighted by atomic mass is 10.1. The highest BCUT2D eigenvalue weighted by Crippen LogP contribution is 2.22. The van der Waals surface area contributed by atoms with Gasteiger partial charge in [-0.05, 0) is 67.8 Å². The molecular weight excluding hydrogens is 400 g/mol. The summed E-state index contributed by atoms with van der Waals surface area (Å²) in [5.41, 5.74) is 2.45. The SMILES string of the molecule is O=C(COc1ccc(Cl)cc1)Nc1ccc(-c2ccc(N3CCCCC3)nn2)cc1. The summed E-state index contributed by atoms with van der Waals surface area (Å²) in [6.45, 7) is 2.02. The Kier molecular flexibility index (Phi) is 6.44. The standard InChI is InChI=1S/C23H23ClN4O2/c24-18-6-10-20(11-7-18)30-16-23(29)25-19-8-4-17(5-9-19)21-12-13-22(27-26-21)28-14-2-1-3-15-28/h4-13H,1-3,14-16H2,(H,25,29). The fraction of sp³-hybridized carbons (Fsp3) is 0.261. The van der Waals surface area contributed by atoms with Crippen LogP contribution in [0.5, 0.6) is 5.75 Å². The summed E-state index contributed by atoms with van der Waals surface area (Å²) < 4.78 is 5.46. The van der Waals surface area contributed by atoms with E-state index in [0.717, 1.165) is 30.2 Å². The summed E-state index contributed by atoms with van der Waals surface area (Å²) in [7, 11) is 0. The Labute approximate surface area is 180 Å². The number of piperidine rings is 1. The van der Waals surface area contributed by atoms with Crippen molar-refractivity contribution in [2.75, 3.05) is 29.9 Å². The molecule has 2 heterocycles. The van der Waals surface area contributed by atoms with Gasteiger partial charge >= 0.3 is 0 Å². The maximum atomic E-state index is 12.1. The lowest BCUT2D eigenvalue weighted by molar-refractivity contribution is -0.118. The number of rotatable bonds is 6. The monoisotopic (exact) mass is 422 g/mol. The number of carbonyl (C=O) groups is 1. The predicted octanol–water partition coefficient (Wildman–Crippen LogP) is 4.80. The van der Waals surface area contributed by atoms with Crippen molar-refractivity contribution < 1.29 is 9.53 Å². The molecule has 1 aliphatic rings. The third kappa shape index (κ3) is 5.27. The number of benzene rings is 2. The average molecular weight is 423 g/mol. The van der Waals surface area contributed by atoms with Gasteiger partial charge in [-0.2, -0.15) is 0 Å². The van der Waals surface area contributed by atoms with Gasteiger partial charge in [0.1, 0.15) is 5.75 Å². The molecule has 0 bridgehead atoms. The van der Waals surface area contributed by atoms with Crippen molar-refractivity contribution in [2.24, 2.45) is 0 Å². The third-order valence-corrected chi connectivity index (χ3v) is 5.23. The van der Waals surface area contributed by atoms with E-state index in [0.29, 0.717) is 16.5 Å². The highest BCUT2D eigenvalue weighted by Gasteiger charge is 2.13. The molecule has 1 fully saturated rings. The van der Waals surface area contributed by atoms with Crippen LogP contribution in [0.3, 0.4) is 0 Å². The van der Waals surface area contributed by atoms with E-state index in [1.165, 1.54) is 19.3 Å². The summed E-state index contributed by atoms with van der Waals surface area (Å²) in [6.07, 6.45) is 3.71. The summed E-state index contributed by atoms with van der Waals surface area (Å²) >= 11 is 5.84. The van der Waals surface area contributed by atoms with Crippen molar-refractivity contribution >= 4 is 29.0 Å². The number of amides is 1.